The fourth-order valence-electron chi connectivity index (χ4n) is 2.61. The largest absolute Gasteiger partial charge is 0.496 e. The van der Waals surface area contributed by atoms with Gasteiger partial charge in [0.25, 0.3) is 0 Å². The highest BCUT2D eigenvalue weighted by Gasteiger charge is 2.13. The highest BCUT2D eigenvalue weighted by Crippen LogP contribution is 2.27. The van der Waals surface area contributed by atoms with Gasteiger partial charge in [0.15, 0.2) is 0 Å². The number of hydrogen-bond donors (Lipinski definition) is 1. The Kier molecular flexibility index (Phi) is 5.63. The Labute approximate surface area is 152 Å². The fraction of sp³-hybridized carbons (Fsp3) is 0.250. The first-order valence-corrected chi connectivity index (χ1v) is 8.44. The van der Waals surface area contributed by atoms with Crippen molar-refractivity contribution >= 4 is 5.91 Å². The van der Waals surface area contributed by atoms with E-state index in [4.69, 9.17) is 9.26 Å². The number of hydrogen-bond acceptors (Lipinski definition) is 5. The van der Waals surface area contributed by atoms with Gasteiger partial charge in [-0.2, -0.15) is 4.98 Å². The van der Waals surface area contributed by atoms with E-state index in [-0.39, 0.29) is 5.91 Å². The van der Waals surface area contributed by atoms with Crippen molar-refractivity contribution in [1.29, 1.82) is 0 Å². The first-order chi connectivity index (χ1) is 12.7. The molecule has 1 N–H and O–H groups in total. The molecule has 2 aromatic carbocycles. The predicted molar refractivity (Wildman–Crippen MR) is 97.6 cm³/mol. The second kappa shape index (κ2) is 8.29. The van der Waals surface area contributed by atoms with Crippen molar-refractivity contribution in [3.05, 3.63) is 65.5 Å². The van der Waals surface area contributed by atoms with E-state index in [1.807, 2.05) is 55.5 Å². The van der Waals surface area contributed by atoms with Crippen molar-refractivity contribution in [3.63, 3.8) is 0 Å². The molecule has 0 aliphatic rings. The maximum atomic E-state index is 12.1. The van der Waals surface area contributed by atoms with Gasteiger partial charge in [-0.3, -0.25) is 4.79 Å². The quantitative estimate of drug-likeness (QED) is 0.707. The second-order valence-electron chi connectivity index (χ2n) is 5.92. The third-order valence-electron chi connectivity index (χ3n) is 4.12. The summed E-state index contributed by atoms with van der Waals surface area (Å²) in [5.41, 5.74) is 3.03. The number of ether oxygens (including phenoxy) is 1. The average Bonchev–Trinajstić information content (AvgIpc) is 3.14. The van der Waals surface area contributed by atoms with E-state index in [1.54, 1.807) is 7.11 Å². The Bertz CT molecular complexity index is 889. The van der Waals surface area contributed by atoms with E-state index in [1.165, 1.54) is 0 Å². The number of benzene rings is 2. The summed E-state index contributed by atoms with van der Waals surface area (Å²) in [6.07, 6.45) is 0.682. The number of rotatable bonds is 7. The average molecular weight is 351 g/mol. The third-order valence-corrected chi connectivity index (χ3v) is 4.12. The van der Waals surface area contributed by atoms with Crippen LogP contribution >= 0.6 is 0 Å². The minimum Gasteiger partial charge on any atom is -0.496 e. The molecule has 134 valence electrons. The zero-order valence-corrected chi connectivity index (χ0v) is 14.9. The maximum absolute atomic E-state index is 12.1. The van der Waals surface area contributed by atoms with Gasteiger partial charge in [0.1, 0.15) is 5.75 Å². The lowest BCUT2D eigenvalue weighted by molar-refractivity contribution is -0.121. The van der Waals surface area contributed by atoms with Gasteiger partial charge in [0.2, 0.25) is 17.6 Å². The lowest BCUT2D eigenvalue weighted by atomic mass is 10.1. The minimum absolute atomic E-state index is 0.0507. The summed E-state index contributed by atoms with van der Waals surface area (Å²) in [5.74, 6) is 1.51. The summed E-state index contributed by atoms with van der Waals surface area (Å²) in [4.78, 5) is 16.4. The zero-order valence-electron chi connectivity index (χ0n) is 14.9. The molecule has 1 heterocycles. The number of methoxy groups -OCH3 is 1. The molecule has 3 aromatic rings. The van der Waals surface area contributed by atoms with Crippen LogP contribution in [0.3, 0.4) is 0 Å². The second-order valence-corrected chi connectivity index (χ2v) is 5.92. The van der Waals surface area contributed by atoms with Crippen LogP contribution in [0.2, 0.25) is 0 Å². The van der Waals surface area contributed by atoms with Crippen LogP contribution in [0, 0.1) is 6.92 Å². The molecule has 0 saturated carbocycles. The standard InChI is InChI=1S/C20H21N3O3/c1-14-7-3-4-8-15(14)13-21-18(24)11-12-19-22-20(23-26-19)16-9-5-6-10-17(16)25-2/h3-10H,11-13H2,1-2H3,(H,21,24). The Hall–Kier alpha value is -3.15. The SMILES string of the molecule is COc1ccccc1-c1noc(CCC(=O)NCc2ccccc2C)n1. The molecule has 0 unspecified atom stereocenters. The van der Waals surface area contributed by atoms with Crippen molar-refractivity contribution in [2.75, 3.05) is 7.11 Å². The van der Waals surface area contributed by atoms with Crippen LogP contribution in [0.25, 0.3) is 11.4 Å². The van der Waals surface area contributed by atoms with Crippen molar-refractivity contribution in [2.45, 2.75) is 26.3 Å². The van der Waals surface area contributed by atoms with Gasteiger partial charge >= 0.3 is 0 Å². The maximum Gasteiger partial charge on any atom is 0.227 e. The van der Waals surface area contributed by atoms with Crippen molar-refractivity contribution in [2.24, 2.45) is 0 Å². The highest BCUT2D eigenvalue weighted by molar-refractivity contribution is 5.76. The molecule has 0 bridgehead atoms. The summed E-state index contributed by atoms with van der Waals surface area (Å²) < 4.78 is 10.6. The lowest BCUT2D eigenvalue weighted by Gasteiger charge is -2.07. The summed E-state index contributed by atoms with van der Waals surface area (Å²) in [6, 6.07) is 15.4. The Balaban J connectivity index is 1.55. The molecule has 1 aromatic heterocycles. The molecule has 0 aliphatic heterocycles. The van der Waals surface area contributed by atoms with E-state index in [2.05, 4.69) is 15.5 Å². The van der Waals surface area contributed by atoms with E-state index >= 15 is 0 Å². The number of carbonyl (C=O) groups is 1. The first-order valence-electron chi connectivity index (χ1n) is 8.44. The summed E-state index contributed by atoms with van der Waals surface area (Å²) in [5, 5.41) is 6.90. The molecule has 6 heteroatoms. The van der Waals surface area contributed by atoms with Crippen LogP contribution in [0.1, 0.15) is 23.4 Å². The predicted octanol–water partition coefficient (Wildman–Crippen LogP) is 3.30. The number of amides is 1. The molecule has 6 nitrogen and oxygen atoms in total. The van der Waals surface area contributed by atoms with Gasteiger partial charge in [0, 0.05) is 19.4 Å². The van der Waals surface area contributed by atoms with Crippen molar-refractivity contribution < 1.29 is 14.1 Å². The molecule has 0 saturated heterocycles. The van der Waals surface area contributed by atoms with Gasteiger partial charge in [-0.15, -0.1) is 0 Å². The number of para-hydroxylation sites is 1. The van der Waals surface area contributed by atoms with Gasteiger partial charge in [-0.1, -0.05) is 41.6 Å². The normalized spacial score (nSPS) is 10.5. The van der Waals surface area contributed by atoms with Gasteiger partial charge in [0.05, 0.1) is 12.7 Å². The Morgan fingerprint density at radius 2 is 1.92 bits per heavy atom. The number of carbonyl (C=O) groups excluding carboxylic acids is 1. The third kappa shape index (κ3) is 4.27. The lowest BCUT2D eigenvalue weighted by Crippen LogP contribution is -2.23. The molecule has 0 atom stereocenters. The molecule has 26 heavy (non-hydrogen) atoms. The van der Waals surface area contributed by atoms with E-state index in [0.29, 0.717) is 36.9 Å². The Morgan fingerprint density at radius 1 is 1.15 bits per heavy atom. The monoisotopic (exact) mass is 351 g/mol. The van der Waals surface area contributed by atoms with Crippen LogP contribution < -0.4 is 10.1 Å². The number of aryl methyl sites for hydroxylation is 2. The Morgan fingerprint density at radius 3 is 2.73 bits per heavy atom. The van der Waals surface area contributed by atoms with E-state index < -0.39 is 0 Å². The van der Waals surface area contributed by atoms with Crippen LogP contribution in [-0.2, 0) is 17.8 Å². The summed E-state index contributed by atoms with van der Waals surface area (Å²) in [6.45, 7) is 2.54. The molecule has 3 rings (SSSR count). The molecule has 1 amide bonds. The topological polar surface area (TPSA) is 77.2 Å². The van der Waals surface area contributed by atoms with E-state index in [9.17, 15) is 4.79 Å². The van der Waals surface area contributed by atoms with Crippen LogP contribution in [0.5, 0.6) is 5.75 Å². The van der Waals surface area contributed by atoms with Gasteiger partial charge < -0.3 is 14.6 Å². The summed E-state index contributed by atoms with van der Waals surface area (Å²) >= 11 is 0. The number of nitrogens with one attached hydrogen (secondary N) is 1. The van der Waals surface area contributed by atoms with Gasteiger partial charge in [-0.05, 0) is 30.2 Å². The van der Waals surface area contributed by atoms with Crippen LogP contribution in [0.4, 0.5) is 0 Å². The van der Waals surface area contributed by atoms with Crippen molar-refractivity contribution in [1.82, 2.24) is 15.5 Å². The van der Waals surface area contributed by atoms with Crippen LogP contribution in [-0.4, -0.2) is 23.2 Å². The number of aromatic nitrogens is 2. The number of nitrogens with zero attached hydrogens (tertiary/aromatic N) is 2. The fourth-order valence-corrected chi connectivity index (χ4v) is 2.61. The molecular formula is C20H21N3O3. The zero-order chi connectivity index (χ0) is 18.4. The molecule has 0 aliphatic carbocycles. The van der Waals surface area contributed by atoms with Crippen molar-refractivity contribution in [3.8, 4) is 17.1 Å². The molecular weight excluding hydrogens is 330 g/mol. The smallest absolute Gasteiger partial charge is 0.227 e. The first kappa shape index (κ1) is 17.7. The molecule has 0 fully saturated rings. The highest BCUT2D eigenvalue weighted by atomic mass is 16.5. The molecule has 0 radical (unpaired) electrons. The molecule has 0 spiro atoms. The summed E-state index contributed by atoms with van der Waals surface area (Å²) in [7, 11) is 1.60. The van der Waals surface area contributed by atoms with E-state index in [0.717, 1.165) is 16.7 Å². The van der Waals surface area contributed by atoms with Gasteiger partial charge in [-0.25, -0.2) is 0 Å². The van der Waals surface area contributed by atoms with Crippen LogP contribution in [0.15, 0.2) is 53.1 Å². The minimum atomic E-state index is -0.0507.